The van der Waals surface area contributed by atoms with E-state index in [1.165, 1.54) is 11.8 Å². The van der Waals surface area contributed by atoms with Crippen molar-refractivity contribution in [2.75, 3.05) is 44.2 Å². The first-order valence-electron chi connectivity index (χ1n) is 12.3. The van der Waals surface area contributed by atoms with Gasteiger partial charge in [0.05, 0.1) is 4.91 Å². The molecule has 9 heteroatoms. The fourth-order valence-electron chi connectivity index (χ4n) is 4.76. The van der Waals surface area contributed by atoms with Crippen LogP contribution in [0.2, 0.25) is 0 Å². The van der Waals surface area contributed by atoms with Crippen molar-refractivity contribution in [1.82, 2.24) is 14.4 Å². The molecule has 0 spiro atoms. The first kappa shape index (κ1) is 26.1. The highest BCUT2D eigenvalue weighted by Crippen LogP contribution is 2.36. The number of pyridine rings is 1. The maximum Gasteiger partial charge on any atom is 0.270 e. The van der Waals surface area contributed by atoms with Crippen LogP contribution in [0.5, 0.6) is 0 Å². The number of nitriles is 1. The molecule has 0 saturated carbocycles. The van der Waals surface area contributed by atoms with Gasteiger partial charge in [0.2, 0.25) is 0 Å². The third-order valence-electron chi connectivity index (χ3n) is 6.90. The molecule has 0 aliphatic carbocycles. The summed E-state index contributed by atoms with van der Waals surface area (Å²) in [5.41, 5.74) is 2.35. The molecule has 0 N–H and O–H groups in total. The highest BCUT2D eigenvalue weighted by molar-refractivity contribution is 8.26. The standard InChI is InChI=1S/C27H31N5O2S2/c1-4-29-13-15-30(16-14-29)24-21(19(3)22(18-28)25(33)31(24)5-2)17-23-26(34)32(27(35)36-23)12-11-20-9-7-6-8-10-20/h6-10,17H,4-5,11-16H2,1-3H3. The lowest BCUT2D eigenvalue weighted by atomic mass is 10.0. The van der Waals surface area contributed by atoms with Crippen molar-refractivity contribution >= 4 is 46.1 Å². The summed E-state index contributed by atoms with van der Waals surface area (Å²) in [7, 11) is 0. The Bertz CT molecular complexity index is 1290. The molecule has 1 aromatic heterocycles. The Kier molecular flexibility index (Phi) is 8.29. The van der Waals surface area contributed by atoms with Gasteiger partial charge in [-0.2, -0.15) is 5.26 Å². The number of aromatic nitrogens is 1. The molecule has 188 valence electrons. The summed E-state index contributed by atoms with van der Waals surface area (Å²) in [5, 5.41) is 9.78. The normalized spacial score (nSPS) is 17.8. The number of amides is 1. The first-order valence-corrected chi connectivity index (χ1v) is 13.6. The molecular formula is C27H31N5O2S2. The number of anilines is 1. The summed E-state index contributed by atoms with van der Waals surface area (Å²) < 4.78 is 2.21. The highest BCUT2D eigenvalue weighted by Gasteiger charge is 2.33. The van der Waals surface area contributed by atoms with Crippen LogP contribution in [0.25, 0.3) is 6.08 Å². The topological polar surface area (TPSA) is 72.6 Å². The van der Waals surface area contributed by atoms with Crippen molar-refractivity contribution in [2.24, 2.45) is 0 Å². The third-order valence-corrected chi connectivity index (χ3v) is 8.28. The van der Waals surface area contributed by atoms with Gasteiger partial charge in [-0.05, 0) is 44.0 Å². The monoisotopic (exact) mass is 521 g/mol. The van der Waals surface area contributed by atoms with Gasteiger partial charge in [-0.25, -0.2) is 0 Å². The number of piperazine rings is 1. The van der Waals surface area contributed by atoms with Crippen LogP contribution < -0.4 is 10.5 Å². The number of hydrogen-bond acceptors (Lipinski definition) is 7. The van der Waals surface area contributed by atoms with Gasteiger partial charge >= 0.3 is 0 Å². The number of hydrogen-bond donors (Lipinski definition) is 0. The Morgan fingerprint density at radius 1 is 1.08 bits per heavy atom. The lowest BCUT2D eigenvalue weighted by molar-refractivity contribution is -0.122. The van der Waals surface area contributed by atoms with E-state index >= 15 is 0 Å². The van der Waals surface area contributed by atoms with Gasteiger partial charge < -0.3 is 9.80 Å². The van der Waals surface area contributed by atoms with E-state index in [4.69, 9.17) is 12.2 Å². The van der Waals surface area contributed by atoms with Crippen molar-refractivity contribution < 1.29 is 4.79 Å². The summed E-state index contributed by atoms with van der Waals surface area (Å²) in [6.07, 6.45) is 2.55. The molecule has 36 heavy (non-hydrogen) atoms. The molecule has 3 heterocycles. The van der Waals surface area contributed by atoms with Crippen LogP contribution in [0.3, 0.4) is 0 Å². The molecule has 7 nitrogen and oxygen atoms in total. The van der Waals surface area contributed by atoms with Gasteiger partial charge in [-0.15, -0.1) is 0 Å². The van der Waals surface area contributed by atoms with Gasteiger partial charge in [0, 0.05) is 44.8 Å². The van der Waals surface area contributed by atoms with Crippen LogP contribution in [0, 0.1) is 18.3 Å². The molecule has 0 bridgehead atoms. The predicted molar refractivity (Wildman–Crippen MR) is 150 cm³/mol. The van der Waals surface area contributed by atoms with Crippen LogP contribution in [-0.4, -0.2) is 63.9 Å². The summed E-state index contributed by atoms with van der Waals surface area (Å²) in [5.74, 6) is 0.652. The molecule has 0 radical (unpaired) electrons. The number of carbonyl (C=O) groups excluding carboxylic acids is 1. The maximum absolute atomic E-state index is 13.4. The van der Waals surface area contributed by atoms with Crippen LogP contribution in [0.1, 0.15) is 36.1 Å². The fourth-order valence-corrected chi connectivity index (χ4v) is 6.05. The van der Waals surface area contributed by atoms with Crippen molar-refractivity contribution in [2.45, 2.75) is 33.7 Å². The Balaban J connectivity index is 1.72. The van der Waals surface area contributed by atoms with Gasteiger partial charge in [-0.3, -0.25) is 19.1 Å². The highest BCUT2D eigenvalue weighted by atomic mass is 32.2. The van der Waals surface area contributed by atoms with E-state index in [-0.39, 0.29) is 17.0 Å². The predicted octanol–water partition coefficient (Wildman–Crippen LogP) is 3.63. The van der Waals surface area contributed by atoms with E-state index in [0.717, 1.165) is 49.7 Å². The van der Waals surface area contributed by atoms with Crippen LogP contribution in [0.4, 0.5) is 5.82 Å². The quantitative estimate of drug-likeness (QED) is 0.407. The average Bonchev–Trinajstić information content (AvgIpc) is 3.16. The number of thiocarbonyl (C=S) groups is 1. The van der Waals surface area contributed by atoms with Gasteiger partial charge in [0.25, 0.3) is 11.5 Å². The summed E-state index contributed by atoms with van der Waals surface area (Å²) >= 11 is 6.85. The molecule has 2 aliphatic rings. The average molecular weight is 522 g/mol. The van der Waals surface area contributed by atoms with Crippen LogP contribution in [-0.2, 0) is 17.8 Å². The van der Waals surface area contributed by atoms with E-state index in [1.54, 1.807) is 16.4 Å². The molecule has 2 aromatic rings. The molecule has 0 atom stereocenters. The van der Waals surface area contributed by atoms with E-state index in [9.17, 15) is 14.9 Å². The summed E-state index contributed by atoms with van der Waals surface area (Å²) in [4.78, 5) is 33.3. The molecule has 1 amide bonds. The molecule has 2 fully saturated rings. The number of nitrogens with zero attached hydrogens (tertiary/aromatic N) is 5. The van der Waals surface area contributed by atoms with E-state index in [0.29, 0.717) is 34.3 Å². The minimum atomic E-state index is -0.280. The number of benzene rings is 1. The maximum atomic E-state index is 13.4. The number of rotatable bonds is 7. The van der Waals surface area contributed by atoms with E-state index in [2.05, 4.69) is 22.8 Å². The van der Waals surface area contributed by atoms with Crippen molar-refractivity contribution in [1.29, 1.82) is 5.26 Å². The first-order chi connectivity index (χ1) is 17.4. The minimum absolute atomic E-state index is 0.124. The van der Waals surface area contributed by atoms with Crippen molar-refractivity contribution in [3.05, 3.63) is 67.8 Å². The van der Waals surface area contributed by atoms with Crippen LogP contribution in [0.15, 0.2) is 40.0 Å². The Hall–Kier alpha value is -2.93. The molecule has 2 saturated heterocycles. The number of carbonyl (C=O) groups is 1. The lowest BCUT2D eigenvalue weighted by Gasteiger charge is -2.37. The van der Waals surface area contributed by atoms with Gasteiger partial charge in [0.15, 0.2) is 0 Å². The Morgan fingerprint density at radius 3 is 2.39 bits per heavy atom. The SMILES string of the molecule is CCN1CCN(c2c(C=C3SC(=S)N(CCc4ccccc4)C3=O)c(C)c(C#N)c(=O)n2CC)CC1. The van der Waals surface area contributed by atoms with Crippen molar-refractivity contribution in [3.63, 3.8) is 0 Å². The van der Waals surface area contributed by atoms with Gasteiger partial charge in [-0.1, -0.05) is 61.2 Å². The molecule has 0 unspecified atom stereocenters. The third kappa shape index (κ3) is 5.12. The van der Waals surface area contributed by atoms with E-state index in [1.807, 2.05) is 43.3 Å². The van der Waals surface area contributed by atoms with Gasteiger partial charge in [0.1, 0.15) is 21.8 Å². The Labute approximate surface area is 222 Å². The Morgan fingerprint density at radius 2 is 1.78 bits per heavy atom. The lowest BCUT2D eigenvalue weighted by Crippen LogP contribution is -2.48. The second-order valence-corrected chi connectivity index (χ2v) is 10.6. The minimum Gasteiger partial charge on any atom is -0.355 e. The number of likely N-dealkylation sites (N-methyl/N-ethyl adjacent to an activating group) is 1. The zero-order valence-electron chi connectivity index (χ0n) is 21.0. The largest absolute Gasteiger partial charge is 0.355 e. The summed E-state index contributed by atoms with van der Waals surface area (Å²) in [6, 6.07) is 12.1. The fraction of sp³-hybridized carbons (Fsp3) is 0.407. The smallest absolute Gasteiger partial charge is 0.270 e. The van der Waals surface area contributed by atoms with Crippen LogP contribution >= 0.6 is 24.0 Å². The zero-order valence-corrected chi connectivity index (χ0v) is 22.6. The zero-order chi connectivity index (χ0) is 25.8. The van der Waals surface area contributed by atoms with Crippen molar-refractivity contribution in [3.8, 4) is 6.07 Å². The second-order valence-electron chi connectivity index (χ2n) is 8.89. The molecule has 1 aromatic carbocycles. The molecular weight excluding hydrogens is 490 g/mol. The second kappa shape index (κ2) is 11.4. The van der Waals surface area contributed by atoms with E-state index < -0.39 is 0 Å². The molecule has 2 aliphatic heterocycles. The number of thioether (sulfide) groups is 1. The molecule has 4 rings (SSSR count). The summed E-state index contributed by atoms with van der Waals surface area (Å²) in [6.45, 7) is 11.1.